The van der Waals surface area contributed by atoms with Gasteiger partial charge in [-0.15, -0.1) is 11.3 Å². The van der Waals surface area contributed by atoms with Crippen molar-refractivity contribution in [3.8, 4) is 0 Å². The summed E-state index contributed by atoms with van der Waals surface area (Å²) < 4.78 is 1.03. The van der Waals surface area contributed by atoms with Crippen molar-refractivity contribution < 1.29 is 4.79 Å². The second kappa shape index (κ2) is 4.02. The molecule has 0 bridgehead atoms. The minimum absolute atomic E-state index is 0.0793. The van der Waals surface area contributed by atoms with Crippen molar-refractivity contribution in [2.75, 3.05) is 7.05 Å². The lowest BCUT2D eigenvalue weighted by Crippen LogP contribution is -2.34. The van der Waals surface area contributed by atoms with E-state index < -0.39 is 0 Å². The second-order valence-corrected chi connectivity index (χ2v) is 4.93. The highest BCUT2D eigenvalue weighted by Crippen LogP contribution is 2.22. The molecule has 0 aliphatic rings. The van der Waals surface area contributed by atoms with Crippen molar-refractivity contribution in [2.45, 2.75) is 6.42 Å². The van der Waals surface area contributed by atoms with Gasteiger partial charge in [-0.3, -0.25) is 9.80 Å². The number of carbonyl (C=O) groups excluding carboxylic acids is 1. The van der Waals surface area contributed by atoms with E-state index in [0.29, 0.717) is 6.42 Å². The Kier molecular flexibility index (Phi) is 3.25. The molecule has 0 unspecified atom stereocenters. The Labute approximate surface area is 83.3 Å². The fourth-order valence-electron chi connectivity index (χ4n) is 0.721. The van der Waals surface area contributed by atoms with Gasteiger partial charge in [0, 0.05) is 11.9 Å². The summed E-state index contributed by atoms with van der Waals surface area (Å²) in [6.07, 6.45) is 0.378. The van der Waals surface area contributed by atoms with Crippen LogP contribution >= 0.6 is 27.3 Å². The largest absolute Gasteiger partial charge is 0.284 e. The number of hydrazine groups is 1. The van der Waals surface area contributed by atoms with Gasteiger partial charge in [-0.1, -0.05) is 0 Å². The van der Waals surface area contributed by atoms with Gasteiger partial charge in [0.25, 0.3) is 0 Å². The number of amides is 1. The van der Waals surface area contributed by atoms with E-state index >= 15 is 0 Å². The molecule has 0 fully saturated rings. The number of hydrogen-bond acceptors (Lipinski definition) is 3. The van der Waals surface area contributed by atoms with Crippen molar-refractivity contribution in [1.82, 2.24) is 5.01 Å². The Hall–Kier alpha value is -0.390. The molecule has 2 N–H and O–H groups in total. The molecule has 5 heteroatoms. The maximum absolute atomic E-state index is 11.1. The van der Waals surface area contributed by atoms with Crippen LogP contribution < -0.4 is 5.84 Å². The summed E-state index contributed by atoms with van der Waals surface area (Å²) in [5.74, 6) is 5.19. The molecule has 0 aliphatic heterocycles. The molecule has 0 aromatic carbocycles. The normalized spacial score (nSPS) is 9.92. The summed E-state index contributed by atoms with van der Waals surface area (Å²) in [5.41, 5.74) is 0. The fraction of sp³-hybridized carbons (Fsp3) is 0.286. The highest BCUT2D eigenvalue weighted by molar-refractivity contribution is 9.11. The van der Waals surface area contributed by atoms with E-state index in [0.717, 1.165) is 13.7 Å². The molecule has 1 amide bonds. The first-order valence-corrected chi connectivity index (χ1v) is 4.96. The summed E-state index contributed by atoms with van der Waals surface area (Å²) in [6.45, 7) is 0. The summed E-state index contributed by atoms with van der Waals surface area (Å²) in [6, 6.07) is 3.83. The zero-order chi connectivity index (χ0) is 9.14. The van der Waals surface area contributed by atoms with Crippen molar-refractivity contribution in [2.24, 2.45) is 5.84 Å². The van der Waals surface area contributed by atoms with Crippen LogP contribution in [0.2, 0.25) is 0 Å². The number of halogens is 1. The maximum Gasteiger partial charge on any atom is 0.241 e. The van der Waals surface area contributed by atoms with E-state index in [9.17, 15) is 4.79 Å². The number of carbonyl (C=O) groups is 1. The van der Waals surface area contributed by atoms with E-state index in [2.05, 4.69) is 15.9 Å². The number of thiophene rings is 1. The molecule has 0 atom stereocenters. The van der Waals surface area contributed by atoms with E-state index in [-0.39, 0.29) is 5.91 Å². The van der Waals surface area contributed by atoms with Crippen molar-refractivity contribution in [1.29, 1.82) is 0 Å². The molecule has 0 saturated heterocycles. The number of rotatable bonds is 2. The number of nitrogens with two attached hydrogens (primary N) is 1. The van der Waals surface area contributed by atoms with E-state index in [4.69, 9.17) is 5.84 Å². The van der Waals surface area contributed by atoms with Gasteiger partial charge in [-0.25, -0.2) is 5.84 Å². The number of hydrogen-bond donors (Lipinski definition) is 1. The zero-order valence-electron chi connectivity index (χ0n) is 6.58. The Morgan fingerprint density at radius 3 is 2.83 bits per heavy atom. The van der Waals surface area contributed by atoms with Gasteiger partial charge in [0.05, 0.1) is 10.2 Å². The third-order valence-corrected chi connectivity index (χ3v) is 2.97. The third-order valence-electron chi connectivity index (χ3n) is 1.35. The van der Waals surface area contributed by atoms with Crippen LogP contribution in [0.1, 0.15) is 4.88 Å². The van der Waals surface area contributed by atoms with E-state index in [1.165, 1.54) is 0 Å². The van der Waals surface area contributed by atoms with Crippen molar-refractivity contribution >= 4 is 33.2 Å². The van der Waals surface area contributed by atoms with Gasteiger partial charge in [-0.2, -0.15) is 0 Å². The van der Waals surface area contributed by atoms with Crippen molar-refractivity contribution in [3.05, 3.63) is 20.8 Å². The number of nitrogens with zero attached hydrogens (tertiary/aromatic N) is 1. The minimum Gasteiger partial charge on any atom is -0.284 e. The Morgan fingerprint density at radius 2 is 2.42 bits per heavy atom. The first-order chi connectivity index (χ1) is 5.59. The highest BCUT2D eigenvalue weighted by Gasteiger charge is 2.07. The standard InChI is InChI=1S/C7H9BrN2OS/c1-10(9)7(11)4-5-2-3-6(8)12-5/h2-3H,4,9H2,1H3. The monoisotopic (exact) mass is 248 g/mol. The lowest BCUT2D eigenvalue weighted by molar-refractivity contribution is -0.129. The topological polar surface area (TPSA) is 46.3 Å². The summed E-state index contributed by atoms with van der Waals surface area (Å²) in [7, 11) is 1.55. The van der Waals surface area contributed by atoms with Gasteiger partial charge in [-0.05, 0) is 28.1 Å². The molecule has 0 aliphatic carbocycles. The smallest absolute Gasteiger partial charge is 0.241 e. The molecule has 1 aromatic heterocycles. The van der Waals surface area contributed by atoms with Crippen LogP contribution in [0, 0.1) is 0 Å². The lowest BCUT2D eigenvalue weighted by atomic mass is 10.3. The molecule has 1 heterocycles. The van der Waals surface area contributed by atoms with Gasteiger partial charge in [0.15, 0.2) is 0 Å². The van der Waals surface area contributed by atoms with Gasteiger partial charge >= 0.3 is 0 Å². The van der Waals surface area contributed by atoms with Crippen molar-refractivity contribution in [3.63, 3.8) is 0 Å². The Balaban J connectivity index is 2.58. The predicted octanol–water partition coefficient (Wildman–Crippen LogP) is 1.39. The summed E-state index contributed by atoms with van der Waals surface area (Å²) in [5, 5.41) is 1.10. The molecule has 0 radical (unpaired) electrons. The summed E-state index contributed by atoms with van der Waals surface area (Å²) in [4.78, 5) is 12.1. The van der Waals surface area contributed by atoms with Crippen LogP contribution in [0.5, 0.6) is 0 Å². The maximum atomic E-state index is 11.1. The molecule has 1 aromatic rings. The van der Waals surface area contributed by atoms with Crippen LogP contribution in [0.4, 0.5) is 0 Å². The van der Waals surface area contributed by atoms with Crippen LogP contribution in [-0.4, -0.2) is 18.0 Å². The SMILES string of the molecule is CN(N)C(=O)Cc1ccc(Br)s1. The molecule has 1 rings (SSSR count). The predicted molar refractivity (Wildman–Crippen MR) is 52.7 cm³/mol. The molecule has 66 valence electrons. The quantitative estimate of drug-likeness (QED) is 0.489. The Bertz CT molecular complexity index is 285. The molecule has 12 heavy (non-hydrogen) atoms. The Morgan fingerprint density at radius 1 is 1.75 bits per heavy atom. The second-order valence-electron chi connectivity index (χ2n) is 2.39. The highest BCUT2D eigenvalue weighted by atomic mass is 79.9. The van der Waals surface area contributed by atoms with Gasteiger partial charge in [0.2, 0.25) is 5.91 Å². The average Bonchev–Trinajstić information content (AvgIpc) is 2.35. The number of likely N-dealkylation sites (N-methyl/N-ethyl adjacent to an activating group) is 1. The third kappa shape index (κ3) is 2.58. The fourth-order valence-corrected chi connectivity index (χ4v) is 2.19. The van der Waals surface area contributed by atoms with Gasteiger partial charge in [0.1, 0.15) is 0 Å². The molecular formula is C7H9BrN2OS. The van der Waals surface area contributed by atoms with E-state index in [1.807, 2.05) is 12.1 Å². The molecule has 0 saturated carbocycles. The van der Waals surface area contributed by atoms with Gasteiger partial charge < -0.3 is 0 Å². The summed E-state index contributed by atoms with van der Waals surface area (Å²) >= 11 is 4.87. The first kappa shape index (κ1) is 9.70. The zero-order valence-corrected chi connectivity index (χ0v) is 8.98. The average molecular weight is 249 g/mol. The lowest BCUT2D eigenvalue weighted by Gasteiger charge is -2.07. The molecular weight excluding hydrogens is 240 g/mol. The molecule has 0 spiro atoms. The van der Waals surface area contributed by atoms with E-state index in [1.54, 1.807) is 18.4 Å². The van der Waals surface area contributed by atoms with Crippen LogP contribution in [0.25, 0.3) is 0 Å². The molecule has 3 nitrogen and oxygen atoms in total. The van der Waals surface area contributed by atoms with Crippen LogP contribution in [-0.2, 0) is 11.2 Å². The van der Waals surface area contributed by atoms with Crippen LogP contribution in [0.3, 0.4) is 0 Å². The van der Waals surface area contributed by atoms with Crippen LogP contribution in [0.15, 0.2) is 15.9 Å². The first-order valence-electron chi connectivity index (χ1n) is 3.35. The minimum atomic E-state index is -0.0793.